The zero-order valence-electron chi connectivity index (χ0n) is 17.6. The fraction of sp³-hybridized carbons (Fsp3) is 0.348. The van der Waals surface area contributed by atoms with Gasteiger partial charge in [0.15, 0.2) is 0 Å². The van der Waals surface area contributed by atoms with Crippen LogP contribution in [0.4, 0.5) is 0 Å². The Balaban J connectivity index is 1.61. The highest BCUT2D eigenvalue weighted by Crippen LogP contribution is 2.22. The van der Waals surface area contributed by atoms with Gasteiger partial charge in [0.2, 0.25) is 5.91 Å². The third-order valence-electron chi connectivity index (χ3n) is 4.83. The molecule has 6 nitrogen and oxygen atoms in total. The number of rotatable bonds is 9. The number of hydrogen-bond acceptors (Lipinski definition) is 4. The summed E-state index contributed by atoms with van der Waals surface area (Å²) in [6, 6.07) is 10.4. The molecule has 3 rings (SSSR count). The van der Waals surface area contributed by atoms with Crippen LogP contribution in [0.3, 0.4) is 0 Å². The van der Waals surface area contributed by atoms with Gasteiger partial charge in [-0.05, 0) is 61.7 Å². The molecule has 3 aromatic rings. The van der Waals surface area contributed by atoms with E-state index in [-0.39, 0.29) is 18.0 Å². The van der Waals surface area contributed by atoms with Crippen molar-refractivity contribution in [2.75, 3.05) is 13.2 Å². The average Bonchev–Trinajstić information content (AvgIpc) is 2.71. The number of fused-ring (bicyclic) bond motifs is 1. The Morgan fingerprint density at radius 3 is 2.65 bits per heavy atom. The molecule has 0 aliphatic heterocycles. The molecule has 31 heavy (non-hydrogen) atoms. The summed E-state index contributed by atoms with van der Waals surface area (Å²) in [4.78, 5) is 34.1. The number of nitrogens with zero attached hydrogens (tertiary/aromatic N) is 2. The number of nitrogens with one attached hydrogen (secondary N) is 1. The lowest BCUT2D eigenvalue weighted by atomic mass is 10.2. The van der Waals surface area contributed by atoms with Crippen molar-refractivity contribution in [3.8, 4) is 5.75 Å². The molecule has 0 unspecified atom stereocenters. The molecule has 0 atom stereocenters. The Morgan fingerprint density at radius 2 is 1.90 bits per heavy atom. The topological polar surface area (TPSA) is 75.3 Å². The van der Waals surface area contributed by atoms with Crippen LogP contribution in [0.15, 0.2) is 41.2 Å². The summed E-state index contributed by atoms with van der Waals surface area (Å²) in [6.07, 6.45) is 1.73. The van der Waals surface area contributed by atoms with Crippen LogP contribution >= 0.6 is 23.2 Å². The number of carbonyl (C=O) groups excluding carboxylic acids is 1. The average molecular weight is 462 g/mol. The highest BCUT2D eigenvalue weighted by molar-refractivity contribution is 6.31. The van der Waals surface area contributed by atoms with Crippen molar-refractivity contribution in [3.63, 3.8) is 0 Å². The SMILES string of the molecule is CCCN(Cc1nc2cc(Cl)ccc2c(=O)[nH]1)C(=O)CCCOc1ccc(Cl)cc1C. The summed E-state index contributed by atoms with van der Waals surface area (Å²) in [5, 5.41) is 1.64. The van der Waals surface area contributed by atoms with Crippen LogP contribution < -0.4 is 10.3 Å². The van der Waals surface area contributed by atoms with Gasteiger partial charge in [0.05, 0.1) is 24.1 Å². The number of benzene rings is 2. The predicted molar refractivity (Wildman–Crippen MR) is 124 cm³/mol. The largest absolute Gasteiger partial charge is 0.493 e. The zero-order valence-corrected chi connectivity index (χ0v) is 19.1. The van der Waals surface area contributed by atoms with E-state index in [1.54, 1.807) is 29.2 Å². The van der Waals surface area contributed by atoms with Gasteiger partial charge >= 0.3 is 0 Å². The van der Waals surface area contributed by atoms with Crippen LogP contribution in [0.5, 0.6) is 5.75 Å². The highest BCUT2D eigenvalue weighted by atomic mass is 35.5. The van der Waals surface area contributed by atoms with E-state index >= 15 is 0 Å². The maximum atomic E-state index is 12.8. The van der Waals surface area contributed by atoms with Crippen molar-refractivity contribution in [2.24, 2.45) is 0 Å². The van der Waals surface area contributed by atoms with Crippen LogP contribution in [0.25, 0.3) is 10.9 Å². The first kappa shape index (κ1) is 23.1. The summed E-state index contributed by atoms with van der Waals surface area (Å²) in [6.45, 7) is 5.18. The van der Waals surface area contributed by atoms with Gasteiger partial charge in [-0.15, -0.1) is 0 Å². The highest BCUT2D eigenvalue weighted by Gasteiger charge is 2.15. The molecule has 1 N–H and O–H groups in total. The number of carbonyl (C=O) groups is 1. The minimum absolute atomic E-state index is 0.00730. The summed E-state index contributed by atoms with van der Waals surface area (Å²) in [5.74, 6) is 1.19. The predicted octanol–water partition coefficient (Wildman–Crippen LogP) is 5.14. The van der Waals surface area contributed by atoms with Crippen LogP contribution in [0, 0.1) is 6.92 Å². The maximum Gasteiger partial charge on any atom is 0.258 e. The lowest BCUT2D eigenvalue weighted by Crippen LogP contribution is -2.32. The quantitative estimate of drug-likeness (QED) is 0.447. The summed E-state index contributed by atoms with van der Waals surface area (Å²) < 4.78 is 5.77. The van der Waals surface area contributed by atoms with E-state index in [0.29, 0.717) is 52.8 Å². The molecule has 0 radical (unpaired) electrons. The fourth-order valence-corrected chi connectivity index (χ4v) is 3.71. The van der Waals surface area contributed by atoms with E-state index in [2.05, 4.69) is 9.97 Å². The van der Waals surface area contributed by atoms with Crippen LogP contribution in [0.1, 0.15) is 37.6 Å². The van der Waals surface area contributed by atoms with Crippen LogP contribution in [-0.4, -0.2) is 33.9 Å². The second kappa shape index (κ2) is 10.6. The lowest BCUT2D eigenvalue weighted by Gasteiger charge is -2.22. The number of hydrogen-bond donors (Lipinski definition) is 1. The Morgan fingerprint density at radius 1 is 1.16 bits per heavy atom. The van der Waals surface area contributed by atoms with E-state index in [1.165, 1.54) is 0 Å². The third-order valence-corrected chi connectivity index (χ3v) is 5.30. The van der Waals surface area contributed by atoms with E-state index in [9.17, 15) is 9.59 Å². The Labute approximate surface area is 191 Å². The molecule has 0 saturated carbocycles. The smallest absolute Gasteiger partial charge is 0.258 e. The number of aryl methyl sites for hydroxylation is 1. The Bertz CT molecular complexity index is 1130. The number of ether oxygens (including phenoxy) is 1. The molecular formula is C23H25Cl2N3O3. The summed E-state index contributed by atoms with van der Waals surface area (Å²) in [5.41, 5.74) is 1.23. The molecule has 0 aliphatic rings. The first-order valence-corrected chi connectivity index (χ1v) is 11.0. The fourth-order valence-electron chi connectivity index (χ4n) is 3.32. The number of H-pyrrole nitrogens is 1. The van der Waals surface area contributed by atoms with Gasteiger partial charge in [-0.25, -0.2) is 4.98 Å². The first-order chi connectivity index (χ1) is 14.9. The van der Waals surface area contributed by atoms with Crippen molar-refractivity contribution in [2.45, 2.75) is 39.7 Å². The monoisotopic (exact) mass is 461 g/mol. The third kappa shape index (κ3) is 6.21. The van der Waals surface area contributed by atoms with Gasteiger partial charge in [0, 0.05) is 23.0 Å². The van der Waals surface area contributed by atoms with E-state index in [0.717, 1.165) is 17.7 Å². The van der Waals surface area contributed by atoms with Gasteiger partial charge < -0.3 is 14.6 Å². The Hall–Kier alpha value is -2.57. The normalized spacial score (nSPS) is 11.0. The molecule has 0 bridgehead atoms. The lowest BCUT2D eigenvalue weighted by molar-refractivity contribution is -0.132. The van der Waals surface area contributed by atoms with E-state index in [4.69, 9.17) is 27.9 Å². The standard InChI is InChI=1S/C23H25Cl2N3O3/c1-3-10-28(14-21-26-19-13-17(25)6-8-18(19)23(30)27-21)22(29)5-4-11-31-20-9-7-16(24)12-15(20)2/h6-9,12-13H,3-5,10-11,14H2,1-2H3,(H,26,27,30). The van der Waals surface area contributed by atoms with Crippen LogP contribution in [-0.2, 0) is 11.3 Å². The zero-order chi connectivity index (χ0) is 22.4. The number of aromatic nitrogens is 2. The van der Waals surface area contributed by atoms with Crippen LogP contribution in [0.2, 0.25) is 10.0 Å². The molecule has 1 aromatic heterocycles. The number of halogens is 2. The summed E-state index contributed by atoms with van der Waals surface area (Å²) >= 11 is 12.0. The molecule has 2 aromatic carbocycles. The second-order valence-corrected chi connectivity index (χ2v) is 8.22. The van der Waals surface area contributed by atoms with E-state index < -0.39 is 0 Å². The van der Waals surface area contributed by atoms with Gasteiger partial charge in [0.1, 0.15) is 11.6 Å². The minimum atomic E-state index is -0.243. The molecule has 0 saturated heterocycles. The molecule has 0 spiro atoms. The minimum Gasteiger partial charge on any atom is -0.493 e. The molecule has 1 heterocycles. The second-order valence-electron chi connectivity index (χ2n) is 7.35. The van der Waals surface area contributed by atoms with Crippen molar-refractivity contribution in [1.29, 1.82) is 0 Å². The van der Waals surface area contributed by atoms with Crippen molar-refractivity contribution in [1.82, 2.24) is 14.9 Å². The molecular weight excluding hydrogens is 437 g/mol. The van der Waals surface area contributed by atoms with Gasteiger partial charge in [-0.1, -0.05) is 30.1 Å². The molecule has 164 valence electrons. The van der Waals surface area contributed by atoms with Gasteiger partial charge in [-0.3, -0.25) is 9.59 Å². The number of aromatic amines is 1. The molecule has 8 heteroatoms. The van der Waals surface area contributed by atoms with Crippen molar-refractivity contribution in [3.05, 3.63) is 68.2 Å². The van der Waals surface area contributed by atoms with E-state index in [1.807, 2.05) is 26.0 Å². The van der Waals surface area contributed by atoms with Gasteiger partial charge in [-0.2, -0.15) is 0 Å². The molecule has 0 aliphatic carbocycles. The maximum absolute atomic E-state index is 12.8. The van der Waals surface area contributed by atoms with Crippen molar-refractivity contribution < 1.29 is 9.53 Å². The summed E-state index contributed by atoms with van der Waals surface area (Å²) in [7, 11) is 0. The van der Waals surface area contributed by atoms with Crippen molar-refractivity contribution >= 4 is 40.0 Å². The first-order valence-electron chi connectivity index (χ1n) is 10.2. The van der Waals surface area contributed by atoms with Gasteiger partial charge in [0.25, 0.3) is 5.56 Å². The molecule has 0 fully saturated rings. The Kier molecular flexibility index (Phi) is 7.93. The number of amides is 1. The molecule has 1 amide bonds.